The van der Waals surface area contributed by atoms with Crippen molar-refractivity contribution in [3.05, 3.63) is 171 Å². The largest absolute Gasteiger partial charge is 0.486 e. The van der Waals surface area contributed by atoms with E-state index < -0.39 is 0 Å². The van der Waals surface area contributed by atoms with Gasteiger partial charge in [0, 0.05) is 49.3 Å². The molecular formula is C67H91NO7. The third kappa shape index (κ3) is 18.3. The Hall–Kier alpha value is -5.12. The van der Waals surface area contributed by atoms with Gasteiger partial charge in [-0.25, -0.2) is 0 Å². The molecule has 0 aliphatic carbocycles. The van der Waals surface area contributed by atoms with Crippen LogP contribution in [0.4, 0.5) is 0 Å². The van der Waals surface area contributed by atoms with E-state index in [-0.39, 0.29) is 34.5 Å². The topological polar surface area (TPSA) is 83.5 Å². The van der Waals surface area contributed by atoms with Crippen molar-refractivity contribution in [2.24, 2.45) is 5.92 Å². The van der Waals surface area contributed by atoms with Crippen molar-refractivity contribution in [2.75, 3.05) is 65.9 Å². The van der Waals surface area contributed by atoms with E-state index in [0.29, 0.717) is 42.8 Å². The van der Waals surface area contributed by atoms with Crippen molar-refractivity contribution in [3.8, 4) is 5.75 Å². The molecule has 0 aromatic heterocycles. The van der Waals surface area contributed by atoms with Crippen LogP contribution < -0.4 is 4.74 Å². The van der Waals surface area contributed by atoms with E-state index in [0.717, 1.165) is 76.0 Å². The molecule has 8 heteroatoms. The van der Waals surface area contributed by atoms with Gasteiger partial charge in [-0.15, -0.1) is 0 Å². The molecule has 8 nitrogen and oxygen atoms in total. The van der Waals surface area contributed by atoms with Gasteiger partial charge in [-0.1, -0.05) is 174 Å². The second-order valence-electron chi connectivity index (χ2n) is 24.0. The molecular weight excluding hydrogens is 931 g/mol. The Morgan fingerprint density at radius 3 is 1.53 bits per heavy atom. The number of rotatable bonds is 10. The molecule has 5 aromatic carbocycles. The summed E-state index contributed by atoms with van der Waals surface area (Å²) in [5.74, 6) is 4.34. The van der Waals surface area contributed by atoms with E-state index in [1.807, 2.05) is 53.4 Å². The molecule has 1 amide bonds. The third-order valence-electron chi connectivity index (χ3n) is 14.8. The number of likely N-dealkylation sites (tertiary alicyclic amines) is 1. The van der Waals surface area contributed by atoms with Crippen LogP contribution in [0.5, 0.6) is 5.75 Å². The first kappa shape index (κ1) is 59.1. The molecule has 5 aliphatic heterocycles. The molecule has 5 saturated heterocycles. The van der Waals surface area contributed by atoms with Gasteiger partial charge in [-0.2, -0.15) is 0 Å². The fourth-order valence-electron chi connectivity index (χ4n) is 9.15. The second kappa shape index (κ2) is 28.3. The summed E-state index contributed by atoms with van der Waals surface area (Å²) in [6, 6.07) is 42.2. The van der Waals surface area contributed by atoms with E-state index in [1.54, 1.807) is 0 Å². The van der Waals surface area contributed by atoms with Crippen molar-refractivity contribution in [3.63, 3.8) is 0 Å². The van der Waals surface area contributed by atoms with E-state index in [9.17, 15) is 9.59 Å². The minimum Gasteiger partial charge on any atom is -0.486 e. The Morgan fingerprint density at radius 1 is 0.507 bits per heavy atom. The zero-order valence-corrected chi connectivity index (χ0v) is 47.8. The number of hydrogen-bond donors (Lipinski definition) is 0. The number of amides is 1. The summed E-state index contributed by atoms with van der Waals surface area (Å²) in [6.07, 6.45) is 5.06. The fourth-order valence-corrected chi connectivity index (χ4v) is 9.15. The zero-order chi connectivity index (χ0) is 54.1. The van der Waals surface area contributed by atoms with Gasteiger partial charge in [-0.05, 0) is 124 Å². The van der Waals surface area contributed by atoms with Gasteiger partial charge >= 0.3 is 0 Å². The van der Waals surface area contributed by atoms with Crippen molar-refractivity contribution >= 4 is 11.7 Å². The highest BCUT2D eigenvalue weighted by Gasteiger charge is 2.28. The highest BCUT2D eigenvalue weighted by Crippen LogP contribution is 2.31. The average Bonchev–Trinajstić information content (AvgIpc) is 3.91. The van der Waals surface area contributed by atoms with Crippen LogP contribution in [0.15, 0.2) is 121 Å². The van der Waals surface area contributed by atoms with Gasteiger partial charge in [0.25, 0.3) is 5.91 Å². The van der Waals surface area contributed by atoms with Crippen molar-refractivity contribution in [2.45, 2.75) is 155 Å². The van der Waals surface area contributed by atoms with Gasteiger partial charge < -0.3 is 28.6 Å². The lowest BCUT2D eigenvalue weighted by atomic mass is 9.83. The SMILES string of the molecule is CC(C)(C)c1cccc(C(=O)C2COC2)c1.CC(C)(C)c1cccc(C2CCCOC2)c1.CC(C)c1cccc(C(=O)N2CCC2)c1.CC(C)c1cccc(C2CCOC2)c1.CC(C)c1cccc(OC2COC2)c1. The monoisotopic (exact) mass is 1020 g/mol. The van der Waals surface area contributed by atoms with Crippen molar-refractivity contribution < 1.29 is 33.3 Å². The molecule has 5 aliphatic rings. The Balaban J connectivity index is 0.000000153. The van der Waals surface area contributed by atoms with Gasteiger partial charge in [0.15, 0.2) is 5.78 Å². The minimum atomic E-state index is 0.0789. The lowest BCUT2D eigenvalue weighted by molar-refractivity contribution is -0.0797. The summed E-state index contributed by atoms with van der Waals surface area (Å²) < 4.78 is 26.8. The van der Waals surface area contributed by atoms with Crippen LogP contribution in [-0.2, 0) is 29.8 Å². The smallest absolute Gasteiger partial charge is 0.253 e. The first-order valence-electron chi connectivity index (χ1n) is 28.1. The molecule has 0 N–H and O–H groups in total. The maximum absolute atomic E-state index is 12.0. The van der Waals surface area contributed by atoms with Crippen LogP contribution in [0.25, 0.3) is 0 Å². The number of ketones is 1. The Labute approximate surface area is 452 Å². The molecule has 0 bridgehead atoms. The Kier molecular flexibility index (Phi) is 22.3. The lowest BCUT2D eigenvalue weighted by Crippen LogP contribution is -2.42. The van der Waals surface area contributed by atoms with Crippen molar-refractivity contribution in [1.82, 2.24) is 4.90 Å². The molecule has 0 radical (unpaired) electrons. The lowest BCUT2D eigenvalue weighted by Gasteiger charge is -2.31. The number of hydrogen-bond acceptors (Lipinski definition) is 7. The van der Waals surface area contributed by atoms with Crippen LogP contribution in [0, 0.1) is 5.92 Å². The molecule has 5 heterocycles. The third-order valence-corrected chi connectivity index (χ3v) is 14.8. The van der Waals surface area contributed by atoms with Crippen LogP contribution in [-0.4, -0.2) is 88.6 Å². The Morgan fingerprint density at radius 2 is 1.01 bits per heavy atom. The molecule has 10 rings (SSSR count). The van der Waals surface area contributed by atoms with E-state index in [4.69, 9.17) is 23.7 Å². The summed E-state index contributed by atoms with van der Waals surface area (Å²) >= 11 is 0. The summed E-state index contributed by atoms with van der Waals surface area (Å²) in [7, 11) is 0. The first-order chi connectivity index (χ1) is 35.8. The van der Waals surface area contributed by atoms with Crippen molar-refractivity contribution in [1.29, 1.82) is 0 Å². The summed E-state index contributed by atoms with van der Waals surface area (Å²) in [6.45, 7) is 34.5. The highest BCUT2D eigenvalue weighted by molar-refractivity contribution is 5.98. The molecule has 5 aromatic rings. The normalized spacial score (nSPS) is 18.6. The predicted molar refractivity (Wildman–Crippen MR) is 307 cm³/mol. The number of benzene rings is 5. The van der Waals surface area contributed by atoms with Gasteiger partial charge in [0.05, 0.1) is 45.6 Å². The average molecular weight is 1020 g/mol. The molecule has 406 valence electrons. The molecule has 75 heavy (non-hydrogen) atoms. The fraction of sp³-hybridized carbons (Fsp3) is 0.522. The van der Waals surface area contributed by atoms with E-state index in [2.05, 4.69) is 156 Å². The standard InChI is InChI=1S/C15H22O.C14H18O2.C13H17NO.C13H18O.C12H16O2/c1-15(2,3)14-8-4-6-12(10-14)13-7-5-9-16-11-13;1-14(2,3)12-6-4-5-10(7-12)13(15)11-8-16-9-11;1-10(2)11-5-3-6-12(9-11)13(15)14-7-4-8-14;1-10(2)11-4-3-5-12(8-11)13-6-7-14-9-13;1-9(2)10-4-3-5-11(6-10)14-12-7-13-8-12/h4,6,8,10,13H,5,7,9,11H2,1-3H3;4-7,11H,8-9H2,1-3H3;3,5-6,9-10H,4,7-8H2,1-2H3;3-5,8,10,13H,6-7,9H2,1-2H3;3-6,9,12H,7-8H2,1-2H3. The molecule has 2 unspecified atom stereocenters. The molecule has 2 atom stereocenters. The Bertz CT molecular complexity index is 2520. The number of Topliss-reactive ketones (excluding diaryl/α,β-unsaturated/α-hetero) is 1. The minimum absolute atomic E-state index is 0.0789. The van der Waals surface area contributed by atoms with Gasteiger partial charge in [0.1, 0.15) is 11.9 Å². The van der Waals surface area contributed by atoms with Crippen LogP contribution in [0.1, 0.15) is 198 Å². The maximum atomic E-state index is 12.0. The van der Waals surface area contributed by atoms with Crippen LogP contribution >= 0.6 is 0 Å². The zero-order valence-electron chi connectivity index (χ0n) is 47.8. The number of carbonyl (C=O) groups excluding carboxylic acids is 2. The highest BCUT2D eigenvalue weighted by atomic mass is 16.6. The molecule has 0 saturated carbocycles. The summed E-state index contributed by atoms with van der Waals surface area (Å²) in [4.78, 5) is 25.9. The van der Waals surface area contributed by atoms with Crippen LogP contribution in [0.2, 0.25) is 0 Å². The number of carbonyl (C=O) groups is 2. The predicted octanol–water partition coefficient (Wildman–Crippen LogP) is 15.2. The number of ether oxygens (including phenoxy) is 5. The molecule has 5 fully saturated rings. The summed E-state index contributed by atoms with van der Waals surface area (Å²) in [5, 5.41) is 0. The van der Waals surface area contributed by atoms with E-state index >= 15 is 0 Å². The molecule has 0 spiro atoms. The maximum Gasteiger partial charge on any atom is 0.253 e. The quantitative estimate of drug-likeness (QED) is 0.129. The summed E-state index contributed by atoms with van der Waals surface area (Å²) in [5.41, 5.74) is 11.5. The van der Waals surface area contributed by atoms with Crippen LogP contribution in [0.3, 0.4) is 0 Å². The van der Waals surface area contributed by atoms with Gasteiger partial charge in [0.2, 0.25) is 0 Å². The van der Waals surface area contributed by atoms with Gasteiger partial charge in [-0.3, -0.25) is 9.59 Å². The first-order valence-corrected chi connectivity index (χ1v) is 28.1. The number of nitrogens with zero attached hydrogens (tertiary/aromatic N) is 1. The van der Waals surface area contributed by atoms with E-state index in [1.165, 1.54) is 58.2 Å². The second-order valence-corrected chi connectivity index (χ2v) is 24.0.